The predicted molar refractivity (Wildman–Crippen MR) is 79.5 cm³/mol. The molecule has 1 aromatic rings. The molecule has 3 rings (SSSR count). The van der Waals surface area contributed by atoms with Gasteiger partial charge < -0.3 is 25.7 Å². The summed E-state index contributed by atoms with van der Waals surface area (Å²) < 4.78 is 0. The van der Waals surface area contributed by atoms with E-state index in [2.05, 4.69) is 5.32 Å². The van der Waals surface area contributed by atoms with Gasteiger partial charge in [-0.15, -0.1) is 0 Å². The van der Waals surface area contributed by atoms with Crippen molar-refractivity contribution in [2.45, 2.75) is 31.5 Å². The Hall–Kier alpha value is -2.38. The van der Waals surface area contributed by atoms with Gasteiger partial charge in [-0.25, -0.2) is 0 Å². The number of Topliss-reactive ketones (excluding diaryl/α,β-unsaturated/α-hetero) is 1. The number of carbonyl (C=O) groups is 2. The highest BCUT2D eigenvalue weighted by Gasteiger charge is 2.42. The first kappa shape index (κ1) is 15.5. The Bertz CT molecular complexity index is 778. The molecule has 0 spiro atoms. The van der Waals surface area contributed by atoms with Crippen LogP contribution in [0.15, 0.2) is 11.8 Å². The van der Waals surface area contributed by atoms with Gasteiger partial charge >= 0.3 is 0 Å². The van der Waals surface area contributed by atoms with Crippen molar-refractivity contribution < 1.29 is 30.0 Å². The summed E-state index contributed by atoms with van der Waals surface area (Å²) in [6.07, 6.45) is -0.304. The molecule has 122 valence electrons. The number of rotatable bonds is 1. The Kier molecular flexibility index (Phi) is 3.24. The third kappa shape index (κ3) is 2.12. The van der Waals surface area contributed by atoms with Gasteiger partial charge in [-0.2, -0.15) is 0 Å². The van der Waals surface area contributed by atoms with E-state index in [0.717, 1.165) is 6.08 Å². The summed E-state index contributed by atoms with van der Waals surface area (Å²) in [7, 11) is 1.46. The van der Waals surface area contributed by atoms with Crippen LogP contribution in [0.3, 0.4) is 0 Å². The minimum absolute atomic E-state index is 0.000248. The van der Waals surface area contributed by atoms with E-state index >= 15 is 0 Å². The van der Waals surface area contributed by atoms with Gasteiger partial charge in [-0.3, -0.25) is 9.59 Å². The van der Waals surface area contributed by atoms with Crippen LogP contribution in [0.4, 0.5) is 0 Å². The Morgan fingerprint density at radius 2 is 1.87 bits per heavy atom. The van der Waals surface area contributed by atoms with E-state index in [1.165, 1.54) is 14.0 Å². The number of carbonyl (C=O) groups excluding carboxylic acids is 2. The Balaban J connectivity index is 2.34. The van der Waals surface area contributed by atoms with E-state index in [9.17, 15) is 30.0 Å². The molecule has 0 heterocycles. The van der Waals surface area contributed by atoms with Crippen molar-refractivity contribution in [2.24, 2.45) is 0 Å². The summed E-state index contributed by atoms with van der Waals surface area (Å²) in [4.78, 5) is 24.6. The SMILES string of the molecule is CNC1=CC(=O)c2c(O)c3c(c(O)c2C1=O)C[C@](C)(O)C[C@@H]3O. The maximum Gasteiger partial charge on any atom is 0.213 e. The number of aliphatic hydroxyl groups is 2. The summed E-state index contributed by atoms with van der Waals surface area (Å²) in [5, 5.41) is 43.9. The quantitative estimate of drug-likeness (QED) is 0.471. The van der Waals surface area contributed by atoms with E-state index in [4.69, 9.17) is 0 Å². The number of phenols is 2. The number of benzene rings is 1. The molecule has 7 heteroatoms. The Morgan fingerprint density at radius 1 is 1.22 bits per heavy atom. The van der Waals surface area contributed by atoms with Crippen LogP contribution in [0, 0.1) is 0 Å². The molecule has 7 nitrogen and oxygen atoms in total. The average molecular weight is 319 g/mol. The molecule has 0 radical (unpaired) electrons. The van der Waals surface area contributed by atoms with Crippen LogP contribution >= 0.6 is 0 Å². The molecule has 5 N–H and O–H groups in total. The topological polar surface area (TPSA) is 127 Å². The fraction of sp³-hybridized carbons (Fsp3) is 0.375. The third-order valence-corrected chi connectivity index (χ3v) is 4.38. The van der Waals surface area contributed by atoms with Crippen LogP contribution in [-0.2, 0) is 6.42 Å². The number of hydrogen-bond donors (Lipinski definition) is 5. The highest BCUT2D eigenvalue weighted by Crippen LogP contribution is 2.48. The minimum atomic E-state index is -1.30. The molecule has 0 unspecified atom stereocenters. The molecule has 0 saturated carbocycles. The summed E-state index contributed by atoms with van der Waals surface area (Å²) >= 11 is 0. The molecule has 0 aliphatic heterocycles. The van der Waals surface area contributed by atoms with E-state index in [1.54, 1.807) is 0 Å². The number of phenolic OH excluding ortho intramolecular Hbond substituents is 2. The van der Waals surface area contributed by atoms with Crippen LogP contribution in [0.1, 0.15) is 51.3 Å². The summed E-state index contributed by atoms with van der Waals surface area (Å²) in [6, 6.07) is 0. The molecule has 2 aliphatic rings. The van der Waals surface area contributed by atoms with Crippen molar-refractivity contribution >= 4 is 11.6 Å². The number of nitrogens with one attached hydrogen (secondary N) is 1. The summed E-state index contributed by atoms with van der Waals surface area (Å²) in [5.41, 5.74) is -1.83. The van der Waals surface area contributed by atoms with Crippen molar-refractivity contribution in [3.05, 3.63) is 34.0 Å². The van der Waals surface area contributed by atoms with Gasteiger partial charge in [0.1, 0.15) is 11.5 Å². The molecule has 0 aromatic heterocycles. The van der Waals surface area contributed by atoms with Gasteiger partial charge in [0.2, 0.25) is 5.78 Å². The number of hydrogen-bond acceptors (Lipinski definition) is 7. The highest BCUT2D eigenvalue weighted by molar-refractivity contribution is 6.26. The molecule has 1 aromatic carbocycles. The van der Waals surface area contributed by atoms with Crippen molar-refractivity contribution in [3.8, 4) is 11.5 Å². The second-order valence-corrected chi connectivity index (χ2v) is 6.23. The van der Waals surface area contributed by atoms with Gasteiger partial charge in [0.15, 0.2) is 5.78 Å². The average Bonchev–Trinajstić information content (AvgIpc) is 2.44. The van der Waals surface area contributed by atoms with Gasteiger partial charge in [-0.05, 0) is 6.92 Å². The first-order chi connectivity index (χ1) is 10.7. The van der Waals surface area contributed by atoms with Crippen LogP contribution in [0.2, 0.25) is 0 Å². The zero-order chi connectivity index (χ0) is 17.1. The smallest absolute Gasteiger partial charge is 0.213 e. The number of aromatic hydroxyl groups is 2. The predicted octanol–water partition coefficient (Wildman–Crippen LogP) is 0.311. The Morgan fingerprint density at radius 3 is 2.48 bits per heavy atom. The second kappa shape index (κ2) is 4.81. The van der Waals surface area contributed by atoms with E-state index in [-0.39, 0.29) is 40.8 Å². The van der Waals surface area contributed by atoms with Crippen LogP contribution in [0.5, 0.6) is 11.5 Å². The monoisotopic (exact) mass is 319 g/mol. The zero-order valence-corrected chi connectivity index (χ0v) is 12.7. The highest BCUT2D eigenvalue weighted by atomic mass is 16.3. The first-order valence-electron chi connectivity index (χ1n) is 7.17. The fourth-order valence-electron chi connectivity index (χ4n) is 3.35. The lowest BCUT2D eigenvalue weighted by Crippen LogP contribution is -2.35. The first-order valence-corrected chi connectivity index (χ1v) is 7.17. The maximum absolute atomic E-state index is 12.4. The number of aliphatic hydroxyl groups excluding tert-OH is 1. The molecule has 0 bridgehead atoms. The lowest BCUT2D eigenvalue weighted by molar-refractivity contribution is -0.00904. The summed E-state index contributed by atoms with van der Waals surface area (Å²) in [5.74, 6) is -2.26. The van der Waals surface area contributed by atoms with Crippen molar-refractivity contribution in [1.29, 1.82) is 0 Å². The van der Waals surface area contributed by atoms with Crippen LogP contribution in [0.25, 0.3) is 0 Å². The molecular formula is C16H17NO6. The molecule has 2 atom stereocenters. The van der Waals surface area contributed by atoms with Crippen molar-refractivity contribution in [3.63, 3.8) is 0 Å². The zero-order valence-electron chi connectivity index (χ0n) is 12.7. The summed E-state index contributed by atoms with van der Waals surface area (Å²) in [6.45, 7) is 1.49. The molecule has 0 amide bonds. The largest absolute Gasteiger partial charge is 0.507 e. The van der Waals surface area contributed by atoms with Crippen LogP contribution in [-0.4, -0.2) is 44.6 Å². The molecule has 0 fully saturated rings. The third-order valence-electron chi connectivity index (χ3n) is 4.38. The fourth-order valence-corrected chi connectivity index (χ4v) is 3.35. The Labute approximate surface area is 131 Å². The lowest BCUT2D eigenvalue weighted by atomic mass is 9.75. The molecule has 2 aliphatic carbocycles. The van der Waals surface area contributed by atoms with E-state index in [0.29, 0.717) is 0 Å². The van der Waals surface area contributed by atoms with Crippen molar-refractivity contribution in [1.82, 2.24) is 5.32 Å². The number of allylic oxidation sites excluding steroid dienone is 2. The minimum Gasteiger partial charge on any atom is -0.507 e. The van der Waals surface area contributed by atoms with Gasteiger partial charge in [0.05, 0.1) is 28.5 Å². The molecule has 0 saturated heterocycles. The van der Waals surface area contributed by atoms with E-state index < -0.39 is 34.8 Å². The normalized spacial score (nSPS) is 26.4. The second-order valence-electron chi connectivity index (χ2n) is 6.23. The number of fused-ring (bicyclic) bond motifs is 2. The lowest BCUT2D eigenvalue weighted by Gasteiger charge is -2.35. The number of likely N-dealkylation sites (N-methyl/N-ethyl adjacent to an activating group) is 1. The molecule has 23 heavy (non-hydrogen) atoms. The van der Waals surface area contributed by atoms with E-state index in [1.807, 2.05) is 0 Å². The van der Waals surface area contributed by atoms with Gasteiger partial charge in [0, 0.05) is 37.1 Å². The maximum atomic E-state index is 12.4. The van der Waals surface area contributed by atoms with Gasteiger partial charge in [-0.1, -0.05) is 0 Å². The molecular weight excluding hydrogens is 302 g/mol. The number of ketones is 2. The van der Waals surface area contributed by atoms with Gasteiger partial charge in [0.25, 0.3) is 0 Å². The van der Waals surface area contributed by atoms with Crippen LogP contribution < -0.4 is 5.32 Å². The van der Waals surface area contributed by atoms with Crippen molar-refractivity contribution in [2.75, 3.05) is 7.05 Å². The standard InChI is InChI=1S/C16H17NO6/c1-16(23)4-6-10(9(19)5-16)15(22)11-8(18)3-7(17-2)14(21)12(11)13(6)20/h3,9,17,19-20,22-23H,4-5H2,1-2H3/t9-,16-/m0/s1.